The van der Waals surface area contributed by atoms with Crippen molar-refractivity contribution in [1.82, 2.24) is 4.90 Å². The van der Waals surface area contributed by atoms with Crippen molar-refractivity contribution in [1.29, 1.82) is 0 Å². The van der Waals surface area contributed by atoms with Gasteiger partial charge in [0, 0.05) is 19.1 Å². The molecule has 3 nitrogen and oxygen atoms in total. The highest BCUT2D eigenvalue weighted by molar-refractivity contribution is 5.20. The highest BCUT2D eigenvalue weighted by atomic mass is 19.1. The Bertz CT molecular complexity index is 440. The third-order valence-electron chi connectivity index (χ3n) is 3.66. The van der Waals surface area contributed by atoms with Crippen molar-refractivity contribution in [2.45, 2.75) is 31.9 Å². The van der Waals surface area contributed by atoms with Crippen molar-refractivity contribution >= 4 is 0 Å². The fraction of sp³-hybridized carbons (Fsp3) is 0.600. The van der Waals surface area contributed by atoms with Crippen LogP contribution in [0.4, 0.5) is 8.78 Å². The first-order chi connectivity index (χ1) is 9.60. The molecular formula is C15H22F2N2O. The molecule has 1 saturated heterocycles. The molecule has 0 bridgehead atoms. The summed E-state index contributed by atoms with van der Waals surface area (Å²) in [6.45, 7) is 5.45. The SMILES string of the molecule is CCCN1CCOC(C(N)Cc2cc(F)ccc2F)C1. The fourth-order valence-electron chi connectivity index (χ4n) is 2.60. The molecule has 2 unspecified atom stereocenters. The summed E-state index contributed by atoms with van der Waals surface area (Å²) in [6.07, 6.45) is 1.24. The number of morpholine rings is 1. The summed E-state index contributed by atoms with van der Waals surface area (Å²) in [5.74, 6) is -0.853. The van der Waals surface area contributed by atoms with Crippen LogP contribution >= 0.6 is 0 Å². The van der Waals surface area contributed by atoms with Gasteiger partial charge in [0.1, 0.15) is 11.6 Å². The molecule has 112 valence electrons. The maximum absolute atomic E-state index is 13.6. The van der Waals surface area contributed by atoms with Crippen LogP contribution in [0, 0.1) is 11.6 Å². The molecular weight excluding hydrogens is 262 g/mol. The largest absolute Gasteiger partial charge is 0.374 e. The van der Waals surface area contributed by atoms with Gasteiger partial charge in [-0.2, -0.15) is 0 Å². The van der Waals surface area contributed by atoms with E-state index in [-0.39, 0.29) is 18.6 Å². The number of nitrogens with zero attached hydrogens (tertiary/aromatic N) is 1. The van der Waals surface area contributed by atoms with Gasteiger partial charge in [-0.3, -0.25) is 4.90 Å². The van der Waals surface area contributed by atoms with Gasteiger partial charge in [-0.15, -0.1) is 0 Å². The van der Waals surface area contributed by atoms with Crippen molar-refractivity contribution in [2.24, 2.45) is 5.73 Å². The van der Waals surface area contributed by atoms with E-state index in [0.29, 0.717) is 12.2 Å². The Hall–Kier alpha value is -1.04. The first-order valence-corrected chi connectivity index (χ1v) is 7.13. The van der Waals surface area contributed by atoms with Crippen molar-refractivity contribution in [3.63, 3.8) is 0 Å². The van der Waals surface area contributed by atoms with Crippen LogP contribution in [-0.2, 0) is 11.2 Å². The summed E-state index contributed by atoms with van der Waals surface area (Å²) in [5.41, 5.74) is 6.43. The predicted octanol–water partition coefficient (Wildman–Crippen LogP) is 1.95. The summed E-state index contributed by atoms with van der Waals surface area (Å²) in [7, 11) is 0. The Morgan fingerprint density at radius 3 is 3.00 bits per heavy atom. The first-order valence-electron chi connectivity index (χ1n) is 7.13. The molecule has 1 heterocycles. The van der Waals surface area contributed by atoms with Crippen LogP contribution in [0.3, 0.4) is 0 Å². The zero-order chi connectivity index (χ0) is 14.5. The molecule has 1 aliphatic heterocycles. The van der Waals surface area contributed by atoms with Gasteiger partial charge in [0.2, 0.25) is 0 Å². The Balaban J connectivity index is 1.96. The molecule has 0 spiro atoms. The van der Waals surface area contributed by atoms with E-state index in [4.69, 9.17) is 10.5 Å². The molecule has 2 atom stereocenters. The molecule has 1 aromatic rings. The smallest absolute Gasteiger partial charge is 0.126 e. The zero-order valence-corrected chi connectivity index (χ0v) is 11.8. The van der Waals surface area contributed by atoms with E-state index in [1.54, 1.807) is 0 Å². The fourth-order valence-corrected chi connectivity index (χ4v) is 2.60. The van der Waals surface area contributed by atoms with E-state index >= 15 is 0 Å². The molecule has 0 radical (unpaired) electrons. The number of hydrogen-bond acceptors (Lipinski definition) is 3. The minimum atomic E-state index is -0.439. The molecule has 0 aliphatic carbocycles. The van der Waals surface area contributed by atoms with E-state index in [1.165, 1.54) is 6.07 Å². The number of hydrogen-bond donors (Lipinski definition) is 1. The molecule has 2 rings (SSSR count). The first kappa shape index (κ1) is 15.4. The number of nitrogens with two attached hydrogens (primary N) is 1. The van der Waals surface area contributed by atoms with Gasteiger partial charge in [-0.1, -0.05) is 6.92 Å². The third-order valence-corrected chi connectivity index (χ3v) is 3.66. The Labute approximate surface area is 118 Å². The van der Waals surface area contributed by atoms with Gasteiger partial charge in [0.15, 0.2) is 0 Å². The molecule has 1 fully saturated rings. The lowest BCUT2D eigenvalue weighted by molar-refractivity contribution is -0.0401. The second-order valence-corrected chi connectivity index (χ2v) is 5.31. The van der Waals surface area contributed by atoms with Crippen molar-refractivity contribution < 1.29 is 13.5 Å². The highest BCUT2D eigenvalue weighted by Gasteiger charge is 2.26. The van der Waals surface area contributed by atoms with Gasteiger partial charge in [-0.05, 0) is 43.1 Å². The molecule has 1 aromatic carbocycles. The predicted molar refractivity (Wildman–Crippen MR) is 74.5 cm³/mol. The van der Waals surface area contributed by atoms with Crippen LogP contribution in [-0.4, -0.2) is 43.3 Å². The van der Waals surface area contributed by atoms with Crippen LogP contribution in [0.1, 0.15) is 18.9 Å². The molecule has 20 heavy (non-hydrogen) atoms. The summed E-state index contributed by atoms with van der Waals surface area (Å²) >= 11 is 0. The van der Waals surface area contributed by atoms with Crippen LogP contribution in [0.15, 0.2) is 18.2 Å². The Morgan fingerprint density at radius 1 is 1.45 bits per heavy atom. The molecule has 0 aromatic heterocycles. The summed E-state index contributed by atoms with van der Waals surface area (Å²) < 4.78 is 32.5. The highest BCUT2D eigenvalue weighted by Crippen LogP contribution is 2.16. The molecule has 0 saturated carbocycles. The monoisotopic (exact) mass is 284 g/mol. The second kappa shape index (κ2) is 7.11. The maximum Gasteiger partial charge on any atom is 0.126 e. The van der Waals surface area contributed by atoms with Crippen molar-refractivity contribution in [2.75, 3.05) is 26.2 Å². The summed E-state index contributed by atoms with van der Waals surface area (Å²) in [5, 5.41) is 0. The average Bonchev–Trinajstić information content (AvgIpc) is 2.43. The van der Waals surface area contributed by atoms with Crippen LogP contribution < -0.4 is 5.73 Å². The van der Waals surface area contributed by atoms with Gasteiger partial charge in [-0.25, -0.2) is 8.78 Å². The normalized spacial score (nSPS) is 21.9. The van der Waals surface area contributed by atoms with E-state index in [2.05, 4.69) is 11.8 Å². The molecule has 1 aliphatic rings. The van der Waals surface area contributed by atoms with Crippen LogP contribution in [0.2, 0.25) is 0 Å². The quantitative estimate of drug-likeness (QED) is 0.898. The lowest BCUT2D eigenvalue weighted by Crippen LogP contribution is -2.51. The minimum absolute atomic E-state index is 0.127. The van der Waals surface area contributed by atoms with Crippen LogP contribution in [0.5, 0.6) is 0 Å². The average molecular weight is 284 g/mol. The van der Waals surface area contributed by atoms with E-state index in [9.17, 15) is 8.78 Å². The number of halogens is 2. The lowest BCUT2D eigenvalue weighted by atomic mass is 10.00. The van der Waals surface area contributed by atoms with Gasteiger partial charge < -0.3 is 10.5 Å². The van der Waals surface area contributed by atoms with E-state index < -0.39 is 11.6 Å². The van der Waals surface area contributed by atoms with Crippen LogP contribution in [0.25, 0.3) is 0 Å². The van der Waals surface area contributed by atoms with Gasteiger partial charge in [0.25, 0.3) is 0 Å². The Morgan fingerprint density at radius 2 is 2.25 bits per heavy atom. The molecule has 2 N–H and O–H groups in total. The van der Waals surface area contributed by atoms with E-state index in [0.717, 1.165) is 38.2 Å². The second-order valence-electron chi connectivity index (χ2n) is 5.31. The van der Waals surface area contributed by atoms with Crippen molar-refractivity contribution in [3.8, 4) is 0 Å². The zero-order valence-electron chi connectivity index (χ0n) is 11.8. The number of rotatable bonds is 5. The molecule has 0 amide bonds. The third kappa shape index (κ3) is 3.98. The number of ether oxygens (including phenoxy) is 1. The van der Waals surface area contributed by atoms with E-state index in [1.807, 2.05) is 0 Å². The summed E-state index contributed by atoms with van der Waals surface area (Å²) in [4.78, 5) is 2.30. The topological polar surface area (TPSA) is 38.5 Å². The standard InChI is InChI=1S/C15H22F2N2O/c1-2-5-19-6-7-20-15(10-19)14(18)9-11-8-12(16)3-4-13(11)17/h3-4,8,14-15H,2,5-7,9-10,18H2,1H3. The van der Waals surface area contributed by atoms with Gasteiger partial charge >= 0.3 is 0 Å². The lowest BCUT2D eigenvalue weighted by Gasteiger charge is -2.35. The number of benzene rings is 1. The Kier molecular flexibility index (Phi) is 5.46. The summed E-state index contributed by atoms with van der Waals surface area (Å²) in [6, 6.07) is 3.14. The molecule has 5 heteroatoms. The maximum atomic E-state index is 13.6. The minimum Gasteiger partial charge on any atom is -0.374 e. The van der Waals surface area contributed by atoms with Gasteiger partial charge in [0.05, 0.1) is 12.7 Å². The van der Waals surface area contributed by atoms with Crippen molar-refractivity contribution in [3.05, 3.63) is 35.4 Å².